The Hall–Kier alpha value is -0.0500. The number of rotatable bonds is 5. The van der Waals surface area contributed by atoms with E-state index in [0.29, 0.717) is 5.92 Å². The molecule has 0 aliphatic carbocycles. The molecule has 1 aliphatic heterocycles. The molecule has 0 radical (unpaired) electrons. The molecule has 3 unspecified atom stereocenters. The van der Waals surface area contributed by atoms with Crippen molar-refractivity contribution < 1.29 is 8.42 Å². The van der Waals surface area contributed by atoms with Crippen molar-refractivity contribution in [3.05, 3.63) is 0 Å². The van der Waals surface area contributed by atoms with Crippen molar-refractivity contribution in [2.24, 2.45) is 5.92 Å². The minimum absolute atomic E-state index is 0.103. The third-order valence-electron chi connectivity index (χ3n) is 3.81. The third-order valence-corrected chi connectivity index (χ3v) is 6.54. The molecule has 15 heavy (non-hydrogen) atoms. The van der Waals surface area contributed by atoms with Crippen molar-refractivity contribution in [2.75, 3.05) is 0 Å². The van der Waals surface area contributed by atoms with Crippen LogP contribution in [0, 0.1) is 5.92 Å². The van der Waals surface area contributed by atoms with Crippen molar-refractivity contribution in [3.8, 4) is 0 Å². The zero-order valence-corrected chi connectivity index (χ0v) is 11.0. The van der Waals surface area contributed by atoms with E-state index < -0.39 is 9.84 Å². The van der Waals surface area contributed by atoms with Crippen LogP contribution >= 0.6 is 0 Å². The molecule has 1 rings (SSSR count). The zero-order valence-electron chi connectivity index (χ0n) is 10.2. The lowest BCUT2D eigenvalue weighted by atomic mass is 9.94. The Morgan fingerprint density at radius 3 is 2.27 bits per heavy atom. The van der Waals surface area contributed by atoms with Gasteiger partial charge in [-0.2, -0.15) is 0 Å². The first kappa shape index (κ1) is 13.0. The molecule has 0 N–H and O–H groups in total. The van der Waals surface area contributed by atoms with Crippen molar-refractivity contribution >= 4 is 9.84 Å². The molecule has 0 aromatic rings. The Balaban J connectivity index is 2.39. The molecular formula is C12H24O2S. The summed E-state index contributed by atoms with van der Waals surface area (Å²) in [6, 6.07) is 0. The van der Waals surface area contributed by atoms with Gasteiger partial charge in [0.05, 0.1) is 10.5 Å². The molecule has 3 heteroatoms. The molecule has 1 aliphatic rings. The second-order valence-corrected chi connectivity index (χ2v) is 7.68. The summed E-state index contributed by atoms with van der Waals surface area (Å²) >= 11 is 0. The SMILES string of the molecule is CCCCCCC1CC(C)S(=O)(=O)C1C. The molecule has 0 aromatic carbocycles. The predicted molar refractivity (Wildman–Crippen MR) is 64.7 cm³/mol. The first-order chi connectivity index (χ1) is 7.00. The average molecular weight is 232 g/mol. The summed E-state index contributed by atoms with van der Waals surface area (Å²) in [5, 5.41) is -0.210. The van der Waals surface area contributed by atoms with Crippen molar-refractivity contribution in [3.63, 3.8) is 0 Å². The highest BCUT2D eigenvalue weighted by Gasteiger charge is 2.41. The van der Waals surface area contributed by atoms with Crippen molar-refractivity contribution in [2.45, 2.75) is 69.8 Å². The van der Waals surface area contributed by atoms with Crippen LogP contribution < -0.4 is 0 Å². The molecule has 0 bridgehead atoms. The van der Waals surface area contributed by atoms with E-state index in [9.17, 15) is 8.42 Å². The smallest absolute Gasteiger partial charge is 0.155 e. The first-order valence-corrected chi connectivity index (χ1v) is 7.83. The summed E-state index contributed by atoms with van der Waals surface area (Å²) in [6.45, 7) is 5.95. The van der Waals surface area contributed by atoms with Gasteiger partial charge in [0.2, 0.25) is 0 Å². The van der Waals surface area contributed by atoms with Gasteiger partial charge in [0.25, 0.3) is 0 Å². The fourth-order valence-electron chi connectivity index (χ4n) is 2.57. The maximum atomic E-state index is 11.8. The Kier molecular flexibility index (Phi) is 4.63. The molecule has 0 aromatic heterocycles. The molecule has 1 heterocycles. The lowest BCUT2D eigenvalue weighted by molar-refractivity contribution is 0.441. The van der Waals surface area contributed by atoms with Gasteiger partial charge >= 0.3 is 0 Å². The first-order valence-electron chi connectivity index (χ1n) is 6.22. The van der Waals surface area contributed by atoms with Crippen LogP contribution in [0.2, 0.25) is 0 Å². The standard InChI is InChI=1S/C12H24O2S/c1-4-5-6-7-8-12-9-10(2)15(13,14)11(12)3/h10-12H,4-9H2,1-3H3. The lowest BCUT2D eigenvalue weighted by Gasteiger charge is -2.13. The average Bonchev–Trinajstić information content (AvgIpc) is 2.38. The van der Waals surface area contributed by atoms with E-state index in [-0.39, 0.29) is 10.5 Å². The third kappa shape index (κ3) is 2.96. The van der Waals surface area contributed by atoms with Crippen LogP contribution in [0.1, 0.15) is 59.3 Å². The maximum absolute atomic E-state index is 11.8. The molecule has 1 fully saturated rings. The van der Waals surface area contributed by atoms with Crippen LogP contribution in [0.4, 0.5) is 0 Å². The molecule has 2 nitrogen and oxygen atoms in total. The predicted octanol–water partition coefficient (Wildman–Crippen LogP) is 3.17. The van der Waals surface area contributed by atoms with Gasteiger partial charge in [0, 0.05) is 0 Å². The van der Waals surface area contributed by atoms with E-state index in [0.717, 1.165) is 12.8 Å². The summed E-state index contributed by atoms with van der Waals surface area (Å²) in [5.74, 6) is 0.418. The van der Waals surface area contributed by atoms with Gasteiger partial charge in [-0.15, -0.1) is 0 Å². The van der Waals surface area contributed by atoms with Crippen LogP contribution in [0.5, 0.6) is 0 Å². The molecular weight excluding hydrogens is 208 g/mol. The summed E-state index contributed by atoms with van der Waals surface area (Å²) in [7, 11) is -2.80. The topological polar surface area (TPSA) is 34.1 Å². The van der Waals surface area contributed by atoms with E-state index in [2.05, 4.69) is 6.92 Å². The number of hydrogen-bond acceptors (Lipinski definition) is 2. The quantitative estimate of drug-likeness (QED) is 0.682. The largest absolute Gasteiger partial charge is 0.228 e. The normalized spacial score (nSPS) is 34.5. The van der Waals surface area contributed by atoms with Crippen LogP contribution in [-0.4, -0.2) is 18.9 Å². The second-order valence-electron chi connectivity index (χ2n) is 4.95. The van der Waals surface area contributed by atoms with Gasteiger partial charge in [-0.05, 0) is 32.6 Å². The fourth-order valence-corrected chi connectivity index (χ4v) is 4.60. The lowest BCUT2D eigenvalue weighted by Crippen LogP contribution is -2.20. The maximum Gasteiger partial charge on any atom is 0.155 e. The molecule has 3 atom stereocenters. The number of sulfone groups is 1. The van der Waals surface area contributed by atoms with Gasteiger partial charge in [0.1, 0.15) is 0 Å². The highest BCUT2D eigenvalue weighted by molar-refractivity contribution is 7.92. The van der Waals surface area contributed by atoms with Crippen LogP contribution in [0.25, 0.3) is 0 Å². The van der Waals surface area contributed by atoms with Gasteiger partial charge in [-0.3, -0.25) is 0 Å². The van der Waals surface area contributed by atoms with Gasteiger partial charge in [-0.25, -0.2) is 8.42 Å². The van der Waals surface area contributed by atoms with E-state index in [1.807, 2.05) is 13.8 Å². The van der Waals surface area contributed by atoms with Crippen LogP contribution in [-0.2, 0) is 9.84 Å². The minimum atomic E-state index is -2.80. The fraction of sp³-hybridized carbons (Fsp3) is 1.00. The highest BCUT2D eigenvalue weighted by Crippen LogP contribution is 2.35. The van der Waals surface area contributed by atoms with Gasteiger partial charge in [0.15, 0.2) is 9.84 Å². The van der Waals surface area contributed by atoms with Crippen molar-refractivity contribution in [1.82, 2.24) is 0 Å². The monoisotopic (exact) mass is 232 g/mol. The highest BCUT2D eigenvalue weighted by atomic mass is 32.2. The van der Waals surface area contributed by atoms with E-state index in [1.54, 1.807) is 0 Å². The van der Waals surface area contributed by atoms with E-state index >= 15 is 0 Å². The minimum Gasteiger partial charge on any atom is -0.228 e. The summed E-state index contributed by atoms with van der Waals surface area (Å²) in [6.07, 6.45) is 6.97. The summed E-state index contributed by atoms with van der Waals surface area (Å²) < 4.78 is 23.6. The van der Waals surface area contributed by atoms with Gasteiger partial charge < -0.3 is 0 Å². The molecule has 0 spiro atoms. The summed E-state index contributed by atoms with van der Waals surface area (Å²) in [5.41, 5.74) is 0. The van der Waals surface area contributed by atoms with Crippen LogP contribution in [0.3, 0.4) is 0 Å². The second kappa shape index (κ2) is 5.33. The Labute approximate surface area is 94.4 Å². The van der Waals surface area contributed by atoms with Crippen LogP contribution in [0.15, 0.2) is 0 Å². The molecule has 0 saturated carbocycles. The van der Waals surface area contributed by atoms with Crippen molar-refractivity contribution in [1.29, 1.82) is 0 Å². The molecule has 1 saturated heterocycles. The number of unbranched alkanes of at least 4 members (excludes halogenated alkanes) is 3. The van der Waals surface area contributed by atoms with E-state index in [1.165, 1.54) is 25.7 Å². The Bertz CT molecular complexity index is 282. The summed E-state index contributed by atoms with van der Waals surface area (Å²) in [4.78, 5) is 0. The Morgan fingerprint density at radius 1 is 1.13 bits per heavy atom. The molecule has 0 amide bonds. The van der Waals surface area contributed by atoms with E-state index in [4.69, 9.17) is 0 Å². The molecule has 90 valence electrons. The Morgan fingerprint density at radius 2 is 1.80 bits per heavy atom. The zero-order chi connectivity index (χ0) is 11.5. The van der Waals surface area contributed by atoms with Gasteiger partial charge in [-0.1, -0.05) is 32.6 Å². The number of hydrogen-bond donors (Lipinski definition) is 0.